The van der Waals surface area contributed by atoms with Crippen LogP contribution in [0.4, 0.5) is 0 Å². The molecule has 0 N–H and O–H groups in total. The van der Waals surface area contributed by atoms with Gasteiger partial charge in [-0.25, -0.2) is 4.57 Å². The molecule has 7 rings (SSSR count). The summed E-state index contributed by atoms with van der Waals surface area (Å²) in [7, 11) is 0.691. The van der Waals surface area contributed by atoms with Crippen LogP contribution in [0.25, 0.3) is 59.9 Å². The van der Waals surface area contributed by atoms with Gasteiger partial charge >= 0.3 is 0 Å². The number of nitrogens with zero attached hydrogens (tertiary/aromatic N) is 3. The summed E-state index contributed by atoms with van der Waals surface area (Å²) in [4.78, 5) is 4.87. The van der Waals surface area contributed by atoms with Gasteiger partial charge in [0.1, 0.15) is 5.52 Å². The fourth-order valence-electron chi connectivity index (χ4n) is 6.64. The highest BCUT2D eigenvalue weighted by Crippen LogP contribution is 2.42. The molecular weight excluding hydrogens is 478 g/mol. The molecule has 3 nitrogen and oxygen atoms in total. The van der Waals surface area contributed by atoms with Gasteiger partial charge in [-0.05, 0) is 69.9 Å². The summed E-state index contributed by atoms with van der Waals surface area (Å²) in [6, 6.07) is 21.2. The van der Waals surface area contributed by atoms with Crippen LogP contribution in [-0.2, 0) is 13.5 Å². The molecule has 0 saturated carbocycles. The maximum absolute atomic E-state index is 4.87. The van der Waals surface area contributed by atoms with Gasteiger partial charge < -0.3 is 4.40 Å². The third-order valence-electron chi connectivity index (χ3n) is 8.39. The van der Waals surface area contributed by atoms with Crippen molar-refractivity contribution in [3.8, 4) is 0 Å². The quantitative estimate of drug-likeness (QED) is 0.0998. The first-order valence-electron chi connectivity index (χ1n) is 13.8. The molecule has 4 heteroatoms. The molecule has 0 aliphatic carbocycles. The summed E-state index contributed by atoms with van der Waals surface area (Å²) in [5, 5.41) is 9.42. The lowest BCUT2D eigenvalue weighted by molar-refractivity contribution is -0.646. The molecule has 0 fully saturated rings. The molecule has 190 valence electrons. The Hall–Kier alpha value is -3.50. The summed E-state index contributed by atoms with van der Waals surface area (Å²) in [6.45, 7) is 16.6. The Bertz CT molecular complexity index is 2080. The number of rotatable bonds is 2. The van der Waals surface area contributed by atoms with Crippen LogP contribution in [0.2, 0.25) is 19.6 Å². The van der Waals surface area contributed by atoms with E-state index < -0.39 is 8.07 Å². The largest absolute Gasteiger partial charge is 0.308 e. The SMILES string of the molecule is Cc1c2cc(CC(C)(C)C)ccc2cc2c1c1c3c(ccc4c5cc([Si](C)(C)C)ccc5n2c43)nc[n+]1C. The van der Waals surface area contributed by atoms with E-state index in [4.69, 9.17) is 4.98 Å². The summed E-state index contributed by atoms with van der Waals surface area (Å²) in [6.07, 6.45) is 3.05. The van der Waals surface area contributed by atoms with Gasteiger partial charge in [-0.1, -0.05) is 75.9 Å². The molecule has 3 aromatic heterocycles. The number of aryl methyl sites for hydroxylation is 2. The molecule has 0 bridgehead atoms. The average molecular weight is 515 g/mol. The number of hydrogen-bond donors (Lipinski definition) is 0. The molecule has 0 radical (unpaired) electrons. The summed E-state index contributed by atoms with van der Waals surface area (Å²) >= 11 is 0. The fraction of sp³-hybridized carbons (Fsp3) is 0.294. The van der Waals surface area contributed by atoms with Crippen molar-refractivity contribution in [3.63, 3.8) is 0 Å². The van der Waals surface area contributed by atoms with E-state index in [1.807, 2.05) is 6.33 Å². The Morgan fingerprint density at radius 1 is 0.842 bits per heavy atom. The van der Waals surface area contributed by atoms with Gasteiger partial charge in [-0.2, -0.15) is 0 Å². The van der Waals surface area contributed by atoms with Crippen molar-refractivity contribution in [2.75, 3.05) is 0 Å². The highest BCUT2D eigenvalue weighted by molar-refractivity contribution is 6.88. The predicted molar refractivity (Wildman–Crippen MR) is 166 cm³/mol. The molecule has 0 aliphatic heterocycles. The molecule has 3 heterocycles. The second-order valence-electron chi connectivity index (χ2n) is 13.6. The Kier molecular flexibility index (Phi) is 4.68. The van der Waals surface area contributed by atoms with E-state index in [1.165, 1.54) is 70.7 Å². The van der Waals surface area contributed by atoms with Gasteiger partial charge in [0, 0.05) is 16.2 Å². The third kappa shape index (κ3) is 3.26. The highest BCUT2D eigenvalue weighted by Gasteiger charge is 2.26. The lowest BCUT2D eigenvalue weighted by Crippen LogP contribution is -2.37. The van der Waals surface area contributed by atoms with E-state index in [-0.39, 0.29) is 5.41 Å². The van der Waals surface area contributed by atoms with Crippen molar-refractivity contribution >= 4 is 73.2 Å². The topological polar surface area (TPSA) is 21.2 Å². The molecule has 0 spiro atoms. The molecule has 0 saturated heterocycles. The molecule has 0 aliphatic rings. The van der Waals surface area contributed by atoms with Gasteiger partial charge in [0.2, 0.25) is 0 Å². The Balaban J connectivity index is 1.73. The lowest BCUT2D eigenvalue weighted by atomic mass is 9.86. The van der Waals surface area contributed by atoms with E-state index in [0.717, 1.165) is 11.9 Å². The van der Waals surface area contributed by atoms with Crippen LogP contribution < -0.4 is 9.75 Å². The Morgan fingerprint density at radius 2 is 1.63 bits per heavy atom. The van der Waals surface area contributed by atoms with E-state index in [1.54, 1.807) is 0 Å². The molecule has 4 aromatic carbocycles. The van der Waals surface area contributed by atoms with Crippen molar-refractivity contribution < 1.29 is 4.57 Å². The average Bonchev–Trinajstić information content (AvgIpc) is 3.18. The van der Waals surface area contributed by atoms with Gasteiger partial charge in [0.05, 0.1) is 37.1 Å². The first-order chi connectivity index (χ1) is 17.9. The van der Waals surface area contributed by atoms with E-state index in [0.29, 0.717) is 0 Å². The van der Waals surface area contributed by atoms with Gasteiger partial charge in [-0.3, -0.25) is 0 Å². The second kappa shape index (κ2) is 7.54. The molecule has 7 aromatic rings. The summed E-state index contributed by atoms with van der Waals surface area (Å²) in [5.41, 5.74) is 9.20. The molecule has 0 amide bonds. The van der Waals surface area contributed by atoms with Crippen LogP contribution in [-0.4, -0.2) is 17.5 Å². The molecule has 38 heavy (non-hydrogen) atoms. The van der Waals surface area contributed by atoms with Crippen molar-refractivity contribution in [2.45, 2.75) is 53.8 Å². The zero-order chi connectivity index (χ0) is 26.7. The maximum Gasteiger partial charge on any atom is 0.287 e. The van der Waals surface area contributed by atoms with Gasteiger partial charge in [0.15, 0.2) is 5.52 Å². The zero-order valence-corrected chi connectivity index (χ0v) is 24.8. The zero-order valence-electron chi connectivity index (χ0n) is 23.8. The summed E-state index contributed by atoms with van der Waals surface area (Å²) < 4.78 is 4.76. The van der Waals surface area contributed by atoms with Crippen LogP contribution >= 0.6 is 0 Å². The predicted octanol–water partition coefficient (Wildman–Crippen LogP) is 7.80. The van der Waals surface area contributed by atoms with Gasteiger partial charge in [-0.15, -0.1) is 0 Å². The minimum atomic E-state index is -1.45. The lowest BCUT2D eigenvalue weighted by Gasteiger charge is -2.19. The third-order valence-corrected chi connectivity index (χ3v) is 10.4. The van der Waals surface area contributed by atoms with Crippen molar-refractivity contribution in [3.05, 3.63) is 72.1 Å². The van der Waals surface area contributed by atoms with Crippen molar-refractivity contribution in [1.82, 2.24) is 9.38 Å². The van der Waals surface area contributed by atoms with Crippen LogP contribution in [0.3, 0.4) is 0 Å². The molecule has 0 unspecified atom stereocenters. The van der Waals surface area contributed by atoms with Crippen LogP contribution in [0.1, 0.15) is 31.9 Å². The number of pyridine rings is 1. The monoisotopic (exact) mass is 514 g/mol. The Morgan fingerprint density at radius 3 is 2.37 bits per heavy atom. The van der Waals surface area contributed by atoms with Crippen LogP contribution in [0, 0.1) is 12.3 Å². The first-order valence-corrected chi connectivity index (χ1v) is 17.3. The number of benzene rings is 4. The second-order valence-corrected chi connectivity index (χ2v) is 18.6. The minimum Gasteiger partial charge on any atom is -0.308 e. The standard InChI is InChI=1S/C34H36N3Si/c1-20-25-15-21(18-34(2,3)4)9-10-22(25)16-29-30(20)33-31-27(35-19-36(33)5)13-12-24-26-17-23(38(6,7)8)11-14-28(26)37(29)32(24)31/h9-17,19H,18H2,1-8H3/q+1. The van der Waals surface area contributed by atoms with E-state index in [2.05, 4.69) is 118 Å². The smallest absolute Gasteiger partial charge is 0.287 e. The van der Waals surface area contributed by atoms with Gasteiger partial charge in [0.25, 0.3) is 6.33 Å². The van der Waals surface area contributed by atoms with Crippen LogP contribution in [0.15, 0.2) is 60.9 Å². The first kappa shape index (κ1) is 23.6. The van der Waals surface area contributed by atoms with Crippen LogP contribution in [0.5, 0.6) is 0 Å². The molecular formula is C34H36N3Si+. The Labute approximate surface area is 225 Å². The van der Waals surface area contributed by atoms with Crippen molar-refractivity contribution in [1.29, 1.82) is 0 Å². The highest BCUT2D eigenvalue weighted by atomic mass is 28.3. The fourth-order valence-corrected chi connectivity index (χ4v) is 7.80. The normalized spacial score (nSPS) is 13.4. The number of hydrogen-bond acceptors (Lipinski definition) is 1. The van der Waals surface area contributed by atoms with Crippen molar-refractivity contribution in [2.24, 2.45) is 12.5 Å². The summed E-state index contributed by atoms with van der Waals surface area (Å²) in [5.74, 6) is 0. The van der Waals surface area contributed by atoms with E-state index >= 15 is 0 Å². The maximum atomic E-state index is 4.87. The number of aromatic nitrogens is 3. The van der Waals surface area contributed by atoms with E-state index in [9.17, 15) is 0 Å². The minimum absolute atomic E-state index is 0.253. The molecule has 0 atom stereocenters. The number of fused-ring (bicyclic) bond motifs is 7.